The number of amides is 1. The summed E-state index contributed by atoms with van der Waals surface area (Å²) in [4.78, 5) is 12.2. The fourth-order valence-electron chi connectivity index (χ4n) is 2.63. The van der Waals surface area contributed by atoms with Gasteiger partial charge >= 0.3 is 0 Å². The molecule has 102 valence electrons. The molecular weight excluding hydrogens is 270 g/mol. The molecule has 1 amide bonds. The number of hydrogen-bond acceptors (Lipinski definition) is 1. The summed E-state index contributed by atoms with van der Waals surface area (Å²) in [6.45, 7) is 0. The van der Waals surface area contributed by atoms with E-state index in [9.17, 15) is 4.79 Å². The maximum absolute atomic E-state index is 12.2. The van der Waals surface area contributed by atoms with E-state index in [0.717, 1.165) is 24.1 Å². The van der Waals surface area contributed by atoms with E-state index >= 15 is 0 Å². The molecule has 0 saturated heterocycles. The number of hydrogen-bond donors (Lipinski definition) is 1. The Hall–Kier alpha value is -1.80. The number of anilines is 1. The molecule has 0 aromatic heterocycles. The van der Waals surface area contributed by atoms with E-state index in [4.69, 9.17) is 11.6 Å². The van der Waals surface area contributed by atoms with Gasteiger partial charge in [0.15, 0.2) is 0 Å². The molecule has 1 aliphatic rings. The Morgan fingerprint density at radius 1 is 1.05 bits per heavy atom. The Kier molecular flexibility index (Phi) is 3.75. The first kappa shape index (κ1) is 13.2. The van der Waals surface area contributed by atoms with Gasteiger partial charge in [0.25, 0.3) is 0 Å². The highest BCUT2D eigenvalue weighted by Crippen LogP contribution is 2.26. The van der Waals surface area contributed by atoms with Gasteiger partial charge in [0, 0.05) is 5.69 Å². The van der Waals surface area contributed by atoms with Crippen LogP contribution in [0.3, 0.4) is 0 Å². The molecule has 0 saturated carbocycles. The molecule has 0 unspecified atom stereocenters. The Balaban J connectivity index is 1.73. The molecule has 2 nitrogen and oxygen atoms in total. The van der Waals surface area contributed by atoms with Crippen LogP contribution >= 0.6 is 11.6 Å². The number of rotatable bonds is 3. The quantitative estimate of drug-likeness (QED) is 0.846. The topological polar surface area (TPSA) is 29.1 Å². The summed E-state index contributed by atoms with van der Waals surface area (Å²) in [5.41, 5.74) is 4.38. The number of alkyl halides is 1. The van der Waals surface area contributed by atoms with Crippen LogP contribution < -0.4 is 5.32 Å². The average molecular weight is 286 g/mol. The van der Waals surface area contributed by atoms with Crippen molar-refractivity contribution >= 4 is 23.2 Å². The molecule has 0 aliphatic heterocycles. The summed E-state index contributed by atoms with van der Waals surface area (Å²) in [6.07, 6.45) is 3.45. The first-order chi connectivity index (χ1) is 9.74. The molecule has 0 heterocycles. The summed E-state index contributed by atoms with van der Waals surface area (Å²) in [5, 5.41) is 2.24. The van der Waals surface area contributed by atoms with E-state index in [1.807, 2.05) is 36.4 Å². The molecule has 0 spiro atoms. The van der Waals surface area contributed by atoms with Crippen molar-refractivity contribution < 1.29 is 4.79 Å². The molecule has 20 heavy (non-hydrogen) atoms. The lowest BCUT2D eigenvalue weighted by molar-refractivity contribution is -0.116. The van der Waals surface area contributed by atoms with Gasteiger partial charge in [0.1, 0.15) is 5.38 Å². The highest BCUT2D eigenvalue weighted by atomic mass is 35.5. The van der Waals surface area contributed by atoms with Crippen molar-refractivity contribution in [2.24, 2.45) is 0 Å². The summed E-state index contributed by atoms with van der Waals surface area (Å²) in [5.74, 6) is -0.184. The van der Waals surface area contributed by atoms with Crippen molar-refractivity contribution in [1.82, 2.24) is 0 Å². The van der Waals surface area contributed by atoms with Gasteiger partial charge in [-0.3, -0.25) is 4.79 Å². The minimum absolute atomic E-state index is 0.184. The molecule has 2 aromatic rings. The monoisotopic (exact) mass is 285 g/mol. The summed E-state index contributed by atoms with van der Waals surface area (Å²) < 4.78 is 0. The lowest BCUT2D eigenvalue weighted by Gasteiger charge is -2.12. The van der Waals surface area contributed by atoms with Crippen molar-refractivity contribution in [1.29, 1.82) is 0 Å². The highest BCUT2D eigenvalue weighted by molar-refractivity contribution is 6.32. The first-order valence-corrected chi connectivity index (χ1v) is 7.29. The number of aryl methyl sites for hydroxylation is 2. The fraction of sp³-hybridized carbons (Fsp3) is 0.235. The zero-order chi connectivity index (χ0) is 13.9. The second-order valence-electron chi connectivity index (χ2n) is 5.10. The van der Waals surface area contributed by atoms with Crippen LogP contribution in [0.1, 0.15) is 28.5 Å². The zero-order valence-electron chi connectivity index (χ0n) is 11.1. The summed E-state index contributed by atoms with van der Waals surface area (Å²) in [7, 11) is 0. The molecule has 3 heteroatoms. The molecule has 0 radical (unpaired) electrons. The van der Waals surface area contributed by atoms with Crippen LogP contribution in [0.25, 0.3) is 0 Å². The lowest BCUT2D eigenvalue weighted by atomic mass is 10.1. The Bertz CT molecular complexity index is 624. The van der Waals surface area contributed by atoms with Crippen molar-refractivity contribution in [3.63, 3.8) is 0 Å². The number of carbonyl (C=O) groups is 1. The van der Waals surface area contributed by atoms with Crippen LogP contribution in [0.15, 0.2) is 48.5 Å². The molecule has 2 aromatic carbocycles. The molecule has 3 rings (SSSR count). The van der Waals surface area contributed by atoms with Crippen molar-refractivity contribution in [3.05, 3.63) is 65.2 Å². The van der Waals surface area contributed by atoms with Crippen LogP contribution in [-0.2, 0) is 17.6 Å². The third-order valence-electron chi connectivity index (χ3n) is 3.69. The molecular formula is C17H16ClNO. The van der Waals surface area contributed by atoms with E-state index in [1.165, 1.54) is 17.5 Å². The highest BCUT2D eigenvalue weighted by Gasteiger charge is 2.18. The second-order valence-corrected chi connectivity index (χ2v) is 5.54. The third kappa shape index (κ3) is 2.70. The van der Waals surface area contributed by atoms with Gasteiger partial charge in [-0.25, -0.2) is 0 Å². The second kappa shape index (κ2) is 5.68. The van der Waals surface area contributed by atoms with Crippen LogP contribution in [0.4, 0.5) is 5.69 Å². The van der Waals surface area contributed by atoms with Crippen molar-refractivity contribution in [2.45, 2.75) is 24.6 Å². The zero-order valence-corrected chi connectivity index (χ0v) is 11.9. The van der Waals surface area contributed by atoms with E-state index in [2.05, 4.69) is 17.4 Å². The Morgan fingerprint density at radius 3 is 2.60 bits per heavy atom. The number of carbonyl (C=O) groups excluding carboxylic acids is 1. The van der Waals surface area contributed by atoms with Gasteiger partial charge in [-0.2, -0.15) is 0 Å². The third-order valence-corrected chi connectivity index (χ3v) is 4.14. The van der Waals surface area contributed by atoms with Crippen LogP contribution in [0.2, 0.25) is 0 Å². The Labute approximate surface area is 123 Å². The molecule has 1 atom stereocenters. The first-order valence-electron chi connectivity index (χ1n) is 6.86. The number of fused-ring (bicyclic) bond motifs is 1. The lowest BCUT2D eigenvalue weighted by Crippen LogP contribution is -2.17. The van der Waals surface area contributed by atoms with E-state index < -0.39 is 5.38 Å². The predicted molar refractivity (Wildman–Crippen MR) is 82.1 cm³/mol. The van der Waals surface area contributed by atoms with Crippen LogP contribution in [0, 0.1) is 0 Å². The smallest absolute Gasteiger partial charge is 0.246 e. The largest absolute Gasteiger partial charge is 0.325 e. The van der Waals surface area contributed by atoms with E-state index in [0.29, 0.717) is 0 Å². The molecule has 0 bridgehead atoms. The van der Waals surface area contributed by atoms with Gasteiger partial charge in [0.2, 0.25) is 5.91 Å². The van der Waals surface area contributed by atoms with Gasteiger partial charge in [-0.15, -0.1) is 11.6 Å². The number of nitrogens with one attached hydrogen (secondary N) is 1. The minimum atomic E-state index is -0.663. The van der Waals surface area contributed by atoms with Crippen molar-refractivity contribution in [3.8, 4) is 0 Å². The average Bonchev–Trinajstić information content (AvgIpc) is 2.95. The van der Waals surface area contributed by atoms with Crippen molar-refractivity contribution in [2.75, 3.05) is 5.32 Å². The minimum Gasteiger partial charge on any atom is -0.325 e. The normalized spacial score (nSPS) is 14.7. The maximum Gasteiger partial charge on any atom is 0.246 e. The number of halogens is 1. The van der Waals surface area contributed by atoms with Gasteiger partial charge < -0.3 is 5.32 Å². The van der Waals surface area contributed by atoms with Crippen LogP contribution in [0.5, 0.6) is 0 Å². The standard InChI is InChI=1S/C17H16ClNO/c18-16(13-5-2-1-3-6-13)17(20)19-15-10-9-12-7-4-8-14(12)11-15/h1-3,5-6,9-11,16H,4,7-8H2,(H,19,20)/t16-/m0/s1. The van der Waals surface area contributed by atoms with Crippen LogP contribution in [-0.4, -0.2) is 5.91 Å². The Morgan fingerprint density at radius 2 is 1.80 bits per heavy atom. The predicted octanol–water partition coefficient (Wildman–Crippen LogP) is 4.09. The van der Waals surface area contributed by atoms with E-state index in [1.54, 1.807) is 0 Å². The van der Waals surface area contributed by atoms with E-state index in [-0.39, 0.29) is 5.91 Å². The molecule has 0 fully saturated rings. The van der Waals surface area contributed by atoms with Gasteiger partial charge in [-0.1, -0.05) is 36.4 Å². The van der Waals surface area contributed by atoms with Gasteiger partial charge in [-0.05, 0) is 48.1 Å². The SMILES string of the molecule is O=C(Nc1ccc2c(c1)CCC2)[C@@H](Cl)c1ccccc1. The molecule has 1 aliphatic carbocycles. The molecule has 1 N–H and O–H groups in total. The fourth-order valence-corrected chi connectivity index (χ4v) is 2.83. The summed E-state index contributed by atoms with van der Waals surface area (Å²) >= 11 is 6.21. The van der Waals surface area contributed by atoms with Gasteiger partial charge in [0.05, 0.1) is 0 Å². The maximum atomic E-state index is 12.2. The summed E-state index contributed by atoms with van der Waals surface area (Å²) in [6, 6.07) is 15.5. The number of benzene rings is 2.